The van der Waals surface area contributed by atoms with Crippen LogP contribution in [0.25, 0.3) is 0 Å². The number of ether oxygens (including phenoxy) is 2. The molecular weight excluding hydrogens is 366 g/mol. The molecule has 148 valence electrons. The number of hydrogen-bond acceptors (Lipinski definition) is 3. The molecule has 0 aromatic carbocycles. The Labute approximate surface area is 139 Å². The number of halogens is 8. The molecule has 0 amide bonds. The Balaban J connectivity index is 2.27. The van der Waals surface area contributed by atoms with Gasteiger partial charge in [-0.05, 0) is 12.3 Å². The van der Waals surface area contributed by atoms with E-state index < -0.39 is 62.0 Å². The van der Waals surface area contributed by atoms with Crippen LogP contribution in [0.1, 0.15) is 13.3 Å². The van der Waals surface area contributed by atoms with Crippen LogP contribution in [0.5, 0.6) is 0 Å². The van der Waals surface area contributed by atoms with E-state index in [1.807, 2.05) is 0 Å². The van der Waals surface area contributed by atoms with Crippen LogP contribution in [0.15, 0.2) is 0 Å². The zero-order valence-electron chi connectivity index (χ0n) is 13.3. The van der Waals surface area contributed by atoms with E-state index >= 15 is 0 Å². The molecule has 5 unspecified atom stereocenters. The number of nitrogens with zero attached hydrogens (tertiary/aromatic N) is 1. The van der Waals surface area contributed by atoms with Gasteiger partial charge in [0.15, 0.2) is 6.30 Å². The number of alkyl halides is 8. The van der Waals surface area contributed by atoms with Crippen molar-refractivity contribution in [1.29, 1.82) is 0 Å². The largest absolute Gasteiger partial charge is 0.429 e. The van der Waals surface area contributed by atoms with Gasteiger partial charge >= 0.3 is 12.4 Å². The maximum Gasteiger partial charge on any atom is 0.429 e. The van der Waals surface area contributed by atoms with Crippen LogP contribution in [-0.4, -0.2) is 68.2 Å². The van der Waals surface area contributed by atoms with E-state index in [1.54, 1.807) is 0 Å². The molecule has 3 nitrogen and oxygen atoms in total. The molecule has 0 saturated carbocycles. The van der Waals surface area contributed by atoms with Crippen LogP contribution in [0.4, 0.5) is 35.1 Å². The second-order valence-corrected chi connectivity index (χ2v) is 6.57. The SMILES string of the molecule is CC1CC(C(F)(F)F)CN(C(F)C(F)(C2COCCO2)C(F)(F)F)C1. The second kappa shape index (κ2) is 7.15. The maximum absolute atomic E-state index is 14.9. The van der Waals surface area contributed by atoms with Crippen LogP contribution in [0, 0.1) is 11.8 Å². The molecule has 2 fully saturated rings. The summed E-state index contributed by atoms with van der Waals surface area (Å²) >= 11 is 0. The highest BCUT2D eigenvalue weighted by atomic mass is 19.4. The average Bonchev–Trinajstić information content (AvgIpc) is 2.51. The fraction of sp³-hybridized carbons (Fsp3) is 1.00. The average molecular weight is 385 g/mol. The van der Waals surface area contributed by atoms with E-state index in [4.69, 9.17) is 9.47 Å². The molecule has 25 heavy (non-hydrogen) atoms. The lowest BCUT2D eigenvalue weighted by molar-refractivity contribution is -0.320. The lowest BCUT2D eigenvalue weighted by Gasteiger charge is -2.45. The van der Waals surface area contributed by atoms with Gasteiger partial charge in [0.1, 0.15) is 6.10 Å². The first-order valence-electron chi connectivity index (χ1n) is 7.77. The van der Waals surface area contributed by atoms with E-state index in [2.05, 4.69) is 0 Å². The second-order valence-electron chi connectivity index (χ2n) is 6.57. The normalized spacial score (nSPS) is 33.7. The van der Waals surface area contributed by atoms with Gasteiger partial charge in [0, 0.05) is 13.1 Å². The molecule has 2 heterocycles. The van der Waals surface area contributed by atoms with Gasteiger partial charge in [-0.1, -0.05) is 6.92 Å². The highest BCUT2D eigenvalue weighted by Crippen LogP contribution is 2.46. The van der Waals surface area contributed by atoms with E-state index in [-0.39, 0.29) is 24.5 Å². The molecule has 0 aromatic rings. The molecule has 0 N–H and O–H groups in total. The van der Waals surface area contributed by atoms with Gasteiger partial charge < -0.3 is 9.47 Å². The monoisotopic (exact) mass is 385 g/mol. The van der Waals surface area contributed by atoms with Gasteiger partial charge in [-0.3, -0.25) is 4.90 Å². The Morgan fingerprint density at radius 3 is 2.12 bits per heavy atom. The summed E-state index contributed by atoms with van der Waals surface area (Å²) in [4.78, 5) is 0.276. The Kier molecular flexibility index (Phi) is 5.90. The number of rotatable bonds is 3. The van der Waals surface area contributed by atoms with Crippen molar-refractivity contribution in [2.75, 3.05) is 32.9 Å². The zero-order chi connectivity index (χ0) is 19.0. The molecule has 0 bridgehead atoms. The first-order chi connectivity index (χ1) is 11.4. The zero-order valence-corrected chi connectivity index (χ0v) is 13.3. The van der Waals surface area contributed by atoms with E-state index in [0.717, 1.165) is 0 Å². The molecule has 2 aliphatic rings. The molecule has 0 spiro atoms. The summed E-state index contributed by atoms with van der Waals surface area (Å²) < 4.78 is 118. The van der Waals surface area contributed by atoms with Gasteiger partial charge in [0.05, 0.1) is 25.7 Å². The van der Waals surface area contributed by atoms with Crippen molar-refractivity contribution in [2.45, 2.75) is 43.8 Å². The Morgan fingerprint density at radius 1 is 1.00 bits per heavy atom. The lowest BCUT2D eigenvalue weighted by atomic mass is 9.87. The summed E-state index contributed by atoms with van der Waals surface area (Å²) in [7, 11) is 0. The highest BCUT2D eigenvalue weighted by molar-refractivity contribution is 5.02. The van der Waals surface area contributed by atoms with Crippen LogP contribution in [0.2, 0.25) is 0 Å². The fourth-order valence-electron chi connectivity index (χ4n) is 3.28. The summed E-state index contributed by atoms with van der Waals surface area (Å²) in [6.07, 6.45) is -16.3. The van der Waals surface area contributed by atoms with Crippen molar-refractivity contribution in [3.05, 3.63) is 0 Å². The predicted molar refractivity (Wildman–Crippen MR) is 70.2 cm³/mol. The van der Waals surface area contributed by atoms with Crippen molar-refractivity contribution < 1.29 is 44.6 Å². The smallest absolute Gasteiger partial charge is 0.376 e. The molecule has 2 aliphatic heterocycles. The van der Waals surface area contributed by atoms with Crippen molar-refractivity contribution in [1.82, 2.24) is 4.90 Å². The highest BCUT2D eigenvalue weighted by Gasteiger charge is 2.69. The summed E-state index contributed by atoms with van der Waals surface area (Å²) in [5, 5.41) is 0. The Hall–Kier alpha value is -0.680. The quantitative estimate of drug-likeness (QED) is 0.549. The number of piperidine rings is 1. The molecule has 0 radical (unpaired) electrons. The molecule has 0 aliphatic carbocycles. The van der Waals surface area contributed by atoms with E-state index in [9.17, 15) is 35.1 Å². The lowest BCUT2D eigenvalue weighted by Crippen LogP contribution is -2.66. The molecule has 11 heteroatoms. The van der Waals surface area contributed by atoms with Gasteiger partial charge in [0.2, 0.25) is 0 Å². The molecule has 0 aromatic heterocycles. The maximum atomic E-state index is 14.9. The molecule has 5 atom stereocenters. The van der Waals surface area contributed by atoms with Crippen molar-refractivity contribution in [3.63, 3.8) is 0 Å². The summed E-state index contributed by atoms with van der Waals surface area (Å²) in [5.74, 6) is -2.75. The van der Waals surface area contributed by atoms with Crippen LogP contribution in [0.3, 0.4) is 0 Å². The first-order valence-corrected chi connectivity index (χ1v) is 7.77. The van der Waals surface area contributed by atoms with Gasteiger partial charge in [-0.25, -0.2) is 8.78 Å². The fourth-order valence-corrected chi connectivity index (χ4v) is 3.28. The minimum atomic E-state index is -5.67. The summed E-state index contributed by atoms with van der Waals surface area (Å²) in [6.45, 7) is -1.36. The predicted octanol–water partition coefficient (Wildman–Crippen LogP) is 3.49. The third-order valence-corrected chi connectivity index (χ3v) is 4.54. The van der Waals surface area contributed by atoms with Crippen LogP contribution < -0.4 is 0 Å². The molecular formula is C14H19F8NO2. The van der Waals surface area contributed by atoms with Gasteiger partial charge in [-0.2, -0.15) is 26.3 Å². The Morgan fingerprint density at radius 2 is 1.64 bits per heavy atom. The van der Waals surface area contributed by atoms with Crippen LogP contribution >= 0.6 is 0 Å². The third-order valence-electron chi connectivity index (χ3n) is 4.54. The summed E-state index contributed by atoms with van der Waals surface area (Å²) in [6, 6.07) is 0. The number of hydrogen-bond donors (Lipinski definition) is 0. The van der Waals surface area contributed by atoms with E-state index in [0.29, 0.717) is 0 Å². The molecule has 2 saturated heterocycles. The van der Waals surface area contributed by atoms with E-state index in [1.165, 1.54) is 6.92 Å². The van der Waals surface area contributed by atoms with Gasteiger partial charge in [0.25, 0.3) is 5.67 Å². The standard InChI is InChI=1S/C14H19F8NO2/c1-8-4-9(13(17,18)19)6-23(5-8)11(15)12(16,14(20,21)22)10-7-24-2-3-25-10/h8-11H,2-7H2,1H3. The summed E-state index contributed by atoms with van der Waals surface area (Å²) in [5.41, 5.74) is -4.49. The number of likely N-dealkylation sites (tertiary alicyclic amines) is 1. The third kappa shape index (κ3) is 4.19. The topological polar surface area (TPSA) is 21.7 Å². The molecule has 2 rings (SSSR count). The first kappa shape index (κ1) is 20.6. The minimum absolute atomic E-state index is 0.0711. The van der Waals surface area contributed by atoms with Crippen LogP contribution in [-0.2, 0) is 9.47 Å². The van der Waals surface area contributed by atoms with Crippen molar-refractivity contribution in [3.8, 4) is 0 Å². The van der Waals surface area contributed by atoms with Gasteiger partial charge in [-0.15, -0.1) is 0 Å². The Bertz CT molecular complexity index is 451. The minimum Gasteiger partial charge on any atom is -0.376 e. The van der Waals surface area contributed by atoms with Crippen molar-refractivity contribution in [2.24, 2.45) is 11.8 Å². The van der Waals surface area contributed by atoms with Crippen molar-refractivity contribution >= 4 is 0 Å².